The van der Waals surface area contributed by atoms with Crippen molar-refractivity contribution in [3.8, 4) is 11.3 Å². The first-order valence-corrected chi connectivity index (χ1v) is 5.71. The predicted octanol–water partition coefficient (Wildman–Crippen LogP) is 0.584. The first-order valence-electron chi connectivity index (χ1n) is 5.71. The lowest BCUT2D eigenvalue weighted by molar-refractivity contribution is 0.0691. The van der Waals surface area contributed by atoms with Crippen molar-refractivity contribution in [3.05, 3.63) is 18.1 Å². The number of nitrogens with zero attached hydrogens (tertiary/aromatic N) is 5. The molecule has 19 heavy (non-hydrogen) atoms. The van der Waals surface area contributed by atoms with Crippen molar-refractivity contribution in [3.63, 3.8) is 0 Å². The molecule has 8 heteroatoms. The molecule has 0 saturated heterocycles. The number of rotatable bonds is 5. The van der Waals surface area contributed by atoms with Crippen LogP contribution in [-0.4, -0.2) is 49.6 Å². The first kappa shape index (κ1) is 13.2. The molecule has 0 amide bonds. The first-order chi connectivity index (χ1) is 9.04. The van der Waals surface area contributed by atoms with Crippen LogP contribution >= 0.6 is 0 Å². The Bertz CT molecular complexity index is 589. The Morgan fingerprint density at radius 3 is 2.84 bits per heavy atom. The van der Waals surface area contributed by atoms with Crippen molar-refractivity contribution in [1.29, 1.82) is 0 Å². The number of methoxy groups -OCH3 is 1. The largest absolute Gasteiger partial charge is 0.476 e. The summed E-state index contributed by atoms with van der Waals surface area (Å²) in [4.78, 5) is 11.2. The van der Waals surface area contributed by atoms with Crippen LogP contribution in [0, 0.1) is 0 Å². The van der Waals surface area contributed by atoms with Gasteiger partial charge in [-0.2, -0.15) is 5.10 Å². The number of carboxylic acid groups (broad SMARTS) is 1. The highest BCUT2D eigenvalue weighted by Crippen LogP contribution is 2.24. The zero-order valence-electron chi connectivity index (χ0n) is 10.9. The van der Waals surface area contributed by atoms with Crippen molar-refractivity contribution in [2.24, 2.45) is 7.05 Å². The molecule has 0 saturated carbocycles. The number of ether oxygens (including phenoxy) is 1. The highest BCUT2D eigenvalue weighted by molar-refractivity contribution is 5.92. The molecule has 0 spiro atoms. The number of carbonyl (C=O) groups is 1. The van der Waals surface area contributed by atoms with Gasteiger partial charge in [0.15, 0.2) is 5.69 Å². The molecule has 102 valence electrons. The van der Waals surface area contributed by atoms with Gasteiger partial charge in [-0.05, 0) is 6.92 Å². The summed E-state index contributed by atoms with van der Waals surface area (Å²) in [6.45, 7) is 2.29. The van der Waals surface area contributed by atoms with Gasteiger partial charge in [-0.25, -0.2) is 9.48 Å². The van der Waals surface area contributed by atoms with Crippen LogP contribution in [0.3, 0.4) is 0 Å². The van der Waals surface area contributed by atoms with Gasteiger partial charge in [-0.3, -0.25) is 4.68 Å². The molecule has 0 fully saturated rings. The SMILES string of the molecule is COCC(C)n1nnc(C(=O)O)c1-c1cnn(C)c1. The molecule has 8 nitrogen and oxygen atoms in total. The van der Waals surface area contributed by atoms with E-state index in [9.17, 15) is 9.90 Å². The zero-order chi connectivity index (χ0) is 14.0. The van der Waals surface area contributed by atoms with Crippen molar-refractivity contribution < 1.29 is 14.6 Å². The summed E-state index contributed by atoms with van der Waals surface area (Å²) in [7, 11) is 3.34. The fourth-order valence-corrected chi connectivity index (χ4v) is 1.87. The van der Waals surface area contributed by atoms with E-state index in [0.29, 0.717) is 17.9 Å². The fraction of sp³-hybridized carbons (Fsp3) is 0.455. The quantitative estimate of drug-likeness (QED) is 0.849. The number of aromatic nitrogens is 5. The van der Waals surface area contributed by atoms with Crippen molar-refractivity contribution >= 4 is 5.97 Å². The van der Waals surface area contributed by atoms with Crippen LogP contribution in [-0.2, 0) is 11.8 Å². The summed E-state index contributed by atoms with van der Waals surface area (Å²) in [6, 6.07) is -0.124. The van der Waals surface area contributed by atoms with Crippen molar-refractivity contribution in [2.75, 3.05) is 13.7 Å². The van der Waals surface area contributed by atoms with Crippen LogP contribution < -0.4 is 0 Å². The standard InChI is InChI=1S/C11H15N5O3/c1-7(6-19-3)16-10(8-4-12-15(2)5-8)9(11(17)18)13-14-16/h4-5,7H,6H2,1-3H3,(H,17,18). The lowest BCUT2D eigenvalue weighted by Crippen LogP contribution is -2.14. The second-order valence-corrected chi connectivity index (χ2v) is 4.24. The summed E-state index contributed by atoms with van der Waals surface area (Å²) < 4.78 is 8.21. The summed E-state index contributed by atoms with van der Waals surface area (Å²) in [6.07, 6.45) is 3.31. The van der Waals surface area contributed by atoms with E-state index in [1.54, 1.807) is 35.9 Å². The van der Waals surface area contributed by atoms with Gasteiger partial charge in [-0.1, -0.05) is 5.21 Å². The smallest absolute Gasteiger partial charge is 0.358 e. The van der Waals surface area contributed by atoms with Gasteiger partial charge >= 0.3 is 5.97 Å². The third-order valence-electron chi connectivity index (χ3n) is 2.70. The van der Waals surface area contributed by atoms with Crippen molar-refractivity contribution in [1.82, 2.24) is 24.8 Å². The maximum Gasteiger partial charge on any atom is 0.358 e. The molecule has 1 N–H and O–H groups in total. The Kier molecular flexibility index (Phi) is 3.61. The van der Waals surface area contributed by atoms with E-state index < -0.39 is 5.97 Å². The minimum absolute atomic E-state index is 0.0871. The normalized spacial score (nSPS) is 12.6. The monoisotopic (exact) mass is 265 g/mol. The molecule has 1 atom stereocenters. The predicted molar refractivity (Wildman–Crippen MR) is 65.8 cm³/mol. The van der Waals surface area contributed by atoms with Gasteiger partial charge in [0.25, 0.3) is 0 Å². The van der Waals surface area contributed by atoms with Crippen LogP contribution in [0.15, 0.2) is 12.4 Å². The number of aromatic carboxylic acids is 1. The van der Waals surface area contributed by atoms with Gasteiger partial charge in [0.05, 0.1) is 18.8 Å². The lowest BCUT2D eigenvalue weighted by Gasteiger charge is -2.12. The highest BCUT2D eigenvalue weighted by Gasteiger charge is 2.24. The molecule has 0 aliphatic heterocycles. The minimum atomic E-state index is -1.12. The molecule has 0 aliphatic carbocycles. The summed E-state index contributed by atoms with van der Waals surface area (Å²) in [5.74, 6) is -1.12. The molecule has 0 aliphatic rings. The van der Waals surface area contributed by atoms with Gasteiger partial charge in [0, 0.05) is 25.9 Å². The summed E-state index contributed by atoms with van der Waals surface area (Å²) in [5, 5.41) is 20.9. The van der Waals surface area contributed by atoms with E-state index in [2.05, 4.69) is 15.4 Å². The Balaban J connectivity index is 2.54. The van der Waals surface area contributed by atoms with E-state index >= 15 is 0 Å². The van der Waals surface area contributed by atoms with E-state index in [0.717, 1.165) is 0 Å². The van der Waals surface area contributed by atoms with E-state index in [1.165, 1.54) is 0 Å². The molecule has 0 aromatic carbocycles. The molecule has 2 heterocycles. The molecule has 0 bridgehead atoms. The van der Waals surface area contributed by atoms with E-state index in [-0.39, 0.29) is 11.7 Å². The Hall–Kier alpha value is -2.22. The molecule has 2 aromatic rings. The third-order valence-corrected chi connectivity index (χ3v) is 2.70. The van der Waals surface area contributed by atoms with Gasteiger partial charge in [0.1, 0.15) is 5.69 Å². The van der Waals surface area contributed by atoms with Gasteiger partial charge < -0.3 is 9.84 Å². The second kappa shape index (κ2) is 5.19. The van der Waals surface area contributed by atoms with Crippen molar-refractivity contribution in [2.45, 2.75) is 13.0 Å². The van der Waals surface area contributed by atoms with Crippen LogP contribution in [0.25, 0.3) is 11.3 Å². The highest BCUT2D eigenvalue weighted by atomic mass is 16.5. The average Bonchev–Trinajstić information content (AvgIpc) is 2.94. The second-order valence-electron chi connectivity index (χ2n) is 4.24. The Morgan fingerprint density at radius 1 is 1.58 bits per heavy atom. The number of hydrogen-bond acceptors (Lipinski definition) is 5. The molecular weight excluding hydrogens is 250 g/mol. The Labute approximate surface area is 109 Å². The molecular formula is C11H15N5O3. The molecule has 2 aromatic heterocycles. The van der Waals surface area contributed by atoms with Crippen LogP contribution in [0.2, 0.25) is 0 Å². The summed E-state index contributed by atoms with van der Waals surface area (Å²) in [5.41, 5.74) is 1.01. The maximum atomic E-state index is 11.2. The molecule has 2 rings (SSSR count). The van der Waals surface area contributed by atoms with Gasteiger partial charge in [-0.15, -0.1) is 5.10 Å². The topological polar surface area (TPSA) is 95.1 Å². The average molecular weight is 265 g/mol. The zero-order valence-corrected chi connectivity index (χ0v) is 10.9. The summed E-state index contributed by atoms with van der Waals surface area (Å²) >= 11 is 0. The number of carboxylic acids is 1. The third kappa shape index (κ3) is 2.48. The van der Waals surface area contributed by atoms with E-state index in [4.69, 9.17) is 4.74 Å². The van der Waals surface area contributed by atoms with Crippen LogP contribution in [0.5, 0.6) is 0 Å². The molecule has 1 unspecified atom stereocenters. The maximum absolute atomic E-state index is 11.2. The fourth-order valence-electron chi connectivity index (χ4n) is 1.87. The van der Waals surface area contributed by atoms with Crippen LogP contribution in [0.4, 0.5) is 0 Å². The molecule has 0 radical (unpaired) electrons. The van der Waals surface area contributed by atoms with Gasteiger partial charge in [0.2, 0.25) is 0 Å². The minimum Gasteiger partial charge on any atom is -0.476 e. The van der Waals surface area contributed by atoms with Crippen LogP contribution in [0.1, 0.15) is 23.5 Å². The number of hydrogen-bond donors (Lipinski definition) is 1. The Morgan fingerprint density at radius 2 is 2.32 bits per heavy atom. The number of aryl methyl sites for hydroxylation is 1. The lowest BCUT2D eigenvalue weighted by atomic mass is 10.2. The van der Waals surface area contributed by atoms with E-state index in [1.807, 2.05) is 6.92 Å².